The molecular weight excluding hydrogens is 234 g/mol. The van der Waals surface area contributed by atoms with Crippen molar-refractivity contribution in [2.75, 3.05) is 5.32 Å². The number of nitrogens with one attached hydrogen (secondary N) is 1. The Hall–Kier alpha value is -1.77. The summed E-state index contributed by atoms with van der Waals surface area (Å²) in [7, 11) is 0. The van der Waals surface area contributed by atoms with Gasteiger partial charge in [0, 0.05) is 24.1 Å². The van der Waals surface area contributed by atoms with Gasteiger partial charge < -0.3 is 5.32 Å². The maximum absolute atomic E-state index is 4.22. The molecule has 1 aromatic heterocycles. The standard InChI is InChI=1S/C16H21N3/c1-13(16(2)8-9-16)18-15-6-4-14(5-7-15)12-19-11-3-10-17-19/h3-7,10-11,13,18H,8-9,12H2,1-2H3. The molecule has 0 amide bonds. The normalized spacial score (nSPS) is 18.0. The predicted molar refractivity (Wildman–Crippen MR) is 78.2 cm³/mol. The van der Waals surface area contributed by atoms with Crippen molar-refractivity contribution in [1.29, 1.82) is 0 Å². The summed E-state index contributed by atoms with van der Waals surface area (Å²) in [5.74, 6) is 0. The van der Waals surface area contributed by atoms with Gasteiger partial charge in [0.15, 0.2) is 0 Å². The zero-order valence-electron chi connectivity index (χ0n) is 11.6. The average Bonchev–Trinajstić information content (AvgIpc) is 2.96. The second kappa shape index (κ2) is 4.72. The van der Waals surface area contributed by atoms with Crippen molar-refractivity contribution >= 4 is 5.69 Å². The van der Waals surface area contributed by atoms with Crippen molar-refractivity contribution in [2.24, 2.45) is 5.41 Å². The molecular formula is C16H21N3. The Bertz CT molecular complexity index is 524. The van der Waals surface area contributed by atoms with E-state index in [0.717, 1.165) is 6.54 Å². The third-order valence-electron chi connectivity index (χ3n) is 4.32. The third-order valence-corrected chi connectivity index (χ3v) is 4.32. The molecule has 0 radical (unpaired) electrons. The summed E-state index contributed by atoms with van der Waals surface area (Å²) in [6.07, 6.45) is 6.49. The number of anilines is 1. The molecule has 1 N–H and O–H groups in total. The molecule has 1 atom stereocenters. The molecule has 1 aliphatic rings. The lowest BCUT2D eigenvalue weighted by Crippen LogP contribution is -2.24. The van der Waals surface area contributed by atoms with E-state index < -0.39 is 0 Å². The largest absolute Gasteiger partial charge is 0.382 e. The summed E-state index contributed by atoms with van der Waals surface area (Å²) >= 11 is 0. The summed E-state index contributed by atoms with van der Waals surface area (Å²) in [6, 6.07) is 11.2. The molecule has 3 heteroatoms. The van der Waals surface area contributed by atoms with E-state index in [0.29, 0.717) is 11.5 Å². The number of benzene rings is 1. The molecule has 0 spiro atoms. The molecule has 1 aromatic carbocycles. The molecule has 1 aliphatic carbocycles. The van der Waals surface area contributed by atoms with Gasteiger partial charge in [0.2, 0.25) is 0 Å². The van der Waals surface area contributed by atoms with Gasteiger partial charge in [0.25, 0.3) is 0 Å². The Labute approximate surface area is 114 Å². The van der Waals surface area contributed by atoms with Gasteiger partial charge in [0.1, 0.15) is 0 Å². The van der Waals surface area contributed by atoms with Gasteiger partial charge in [-0.3, -0.25) is 4.68 Å². The lowest BCUT2D eigenvalue weighted by molar-refractivity contribution is 0.493. The van der Waals surface area contributed by atoms with Crippen LogP contribution in [0.1, 0.15) is 32.3 Å². The van der Waals surface area contributed by atoms with Gasteiger partial charge in [0.05, 0.1) is 6.54 Å². The minimum atomic E-state index is 0.508. The number of rotatable bonds is 5. The van der Waals surface area contributed by atoms with Crippen molar-refractivity contribution in [2.45, 2.75) is 39.3 Å². The molecule has 1 heterocycles. The van der Waals surface area contributed by atoms with E-state index >= 15 is 0 Å². The molecule has 3 nitrogen and oxygen atoms in total. The van der Waals surface area contributed by atoms with E-state index in [1.54, 1.807) is 0 Å². The Balaban J connectivity index is 1.62. The molecule has 0 saturated heterocycles. The first-order valence-corrected chi connectivity index (χ1v) is 6.99. The minimum absolute atomic E-state index is 0.508. The smallest absolute Gasteiger partial charge is 0.0659 e. The SMILES string of the molecule is CC(Nc1ccc(Cn2cccn2)cc1)C1(C)CC1. The molecule has 100 valence electrons. The van der Waals surface area contributed by atoms with E-state index in [2.05, 4.69) is 48.5 Å². The Morgan fingerprint density at radius 1 is 1.32 bits per heavy atom. The average molecular weight is 255 g/mol. The molecule has 1 unspecified atom stereocenters. The summed E-state index contributed by atoms with van der Waals surface area (Å²) in [4.78, 5) is 0. The fraction of sp³-hybridized carbons (Fsp3) is 0.438. The summed E-state index contributed by atoms with van der Waals surface area (Å²) in [5, 5.41) is 7.83. The van der Waals surface area contributed by atoms with Crippen LogP contribution in [0.5, 0.6) is 0 Å². The van der Waals surface area contributed by atoms with E-state index in [-0.39, 0.29) is 0 Å². The van der Waals surface area contributed by atoms with E-state index in [9.17, 15) is 0 Å². The van der Waals surface area contributed by atoms with Crippen molar-refractivity contribution < 1.29 is 0 Å². The van der Waals surface area contributed by atoms with Gasteiger partial charge in [-0.05, 0) is 48.9 Å². The minimum Gasteiger partial charge on any atom is -0.382 e. The highest BCUT2D eigenvalue weighted by molar-refractivity contribution is 5.46. The molecule has 3 rings (SSSR count). The van der Waals surface area contributed by atoms with E-state index in [4.69, 9.17) is 0 Å². The number of hydrogen-bond acceptors (Lipinski definition) is 2. The van der Waals surface area contributed by atoms with Gasteiger partial charge in [-0.1, -0.05) is 19.1 Å². The van der Waals surface area contributed by atoms with Gasteiger partial charge in [-0.25, -0.2) is 0 Å². The second-order valence-corrected chi connectivity index (χ2v) is 5.92. The quantitative estimate of drug-likeness (QED) is 0.885. The summed E-state index contributed by atoms with van der Waals surface area (Å²) in [5.41, 5.74) is 3.00. The first-order valence-electron chi connectivity index (χ1n) is 6.99. The Kier molecular flexibility index (Phi) is 3.05. The highest BCUT2D eigenvalue weighted by Gasteiger charge is 2.42. The van der Waals surface area contributed by atoms with Gasteiger partial charge >= 0.3 is 0 Å². The molecule has 2 aromatic rings. The maximum atomic E-state index is 4.22. The van der Waals surface area contributed by atoms with E-state index in [1.807, 2.05) is 23.1 Å². The van der Waals surface area contributed by atoms with Crippen LogP contribution in [-0.4, -0.2) is 15.8 Å². The maximum Gasteiger partial charge on any atom is 0.0659 e. The zero-order chi connectivity index (χ0) is 13.3. The van der Waals surface area contributed by atoms with Crippen LogP contribution in [0.15, 0.2) is 42.7 Å². The van der Waals surface area contributed by atoms with Crippen molar-refractivity contribution in [3.05, 3.63) is 48.3 Å². The van der Waals surface area contributed by atoms with Crippen LogP contribution in [-0.2, 0) is 6.54 Å². The highest BCUT2D eigenvalue weighted by atomic mass is 15.3. The third kappa shape index (κ3) is 2.80. The molecule has 1 saturated carbocycles. The molecule has 1 fully saturated rings. The van der Waals surface area contributed by atoms with E-state index in [1.165, 1.54) is 24.1 Å². The van der Waals surface area contributed by atoms with Gasteiger partial charge in [-0.2, -0.15) is 5.10 Å². The van der Waals surface area contributed by atoms with Crippen molar-refractivity contribution in [3.63, 3.8) is 0 Å². The van der Waals surface area contributed by atoms with Crippen LogP contribution in [0, 0.1) is 5.41 Å². The van der Waals surface area contributed by atoms with Gasteiger partial charge in [-0.15, -0.1) is 0 Å². The summed E-state index contributed by atoms with van der Waals surface area (Å²) in [6.45, 7) is 5.47. The predicted octanol–water partition coefficient (Wildman–Crippen LogP) is 3.53. The zero-order valence-corrected chi connectivity index (χ0v) is 11.6. The van der Waals surface area contributed by atoms with Crippen LogP contribution >= 0.6 is 0 Å². The Morgan fingerprint density at radius 2 is 2.05 bits per heavy atom. The lowest BCUT2D eigenvalue weighted by Gasteiger charge is -2.21. The first-order chi connectivity index (χ1) is 9.16. The van der Waals surface area contributed by atoms with Crippen LogP contribution in [0.4, 0.5) is 5.69 Å². The fourth-order valence-corrected chi connectivity index (χ4v) is 2.34. The molecule has 0 aliphatic heterocycles. The number of nitrogens with zero attached hydrogens (tertiary/aromatic N) is 2. The van der Waals surface area contributed by atoms with Crippen LogP contribution < -0.4 is 5.32 Å². The first kappa shape index (κ1) is 12.3. The molecule has 19 heavy (non-hydrogen) atoms. The highest BCUT2D eigenvalue weighted by Crippen LogP contribution is 2.48. The lowest BCUT2D eigenvalue weighted by atomic mass is 10.0. The van der Waals surface area contributed by atoms with Crippen LogP contribution in [0.3, 0.4) is 0 Å². The second-order valence-electron chi connectivity index (χ2n) is 5.92. The number of hydrogen-bond donors (Lipinski definition) is 1. The topological polar surface area (TPSA) is 29.9 Å². The number of aromatic nitrogens is 2. The van der Waals surface area contributed by atoms with Crippen LogP contribution in [0.25, 0.3) is 0 Å². The monoisotopic (exact) mass is 255 g/mol. The Morgan fingerprint density at radius 3 is 2.63 bits per heavy atom. The van der Waals surface area contributed by atoms with Crippen molar-refractivity contribution in [1.82, 2.24) is 9.78 Å². The van der Waals surface area contributed by atoms with Crippen molar-refractivity contribution in [3.8, 4) is 0 Å². The molecule has 0 bridgehead atoms. The van der Waals surface area contributed by atoms with Crippen LogP contribution in [0.2, 0.25) is 0 Å². The fourth-order valence-electron chi connectivity index (χ4n) is 2.34. The summed E-state index contributed by atoms with van der Waals surface area (Å²) < 4.78 is 1.94.